The Morgan fingerprint density at radius 1 is 0.789 bits per heavy atom. The van der Waals surface area contributed by atoms with Gasteiger partial charge in [0.2, 0.25) is 0 Å². The van der Waals surface area contributed by atoms with Crippen molar-refractivity contribution in [2.75, 3.05) is 13.2 Å². The van der Waals surface area contributed by atoms with Crippen LogP contribution >= 0.6 is 21.4 Å². The van der Waals surface area contributed by atoms with Gasteiger partial charge in [-0.25, -0.2) is 4.39 Å². The van der Waals surface area contributed by atoms with Gasteiger partial charge in [0.05, 0.1) is 18.8 Å². The van der Waals surface area contributed by atoms with E-state index in [-0.39, 0.29) is 62.1 Å². The van der Waals surface area contributed by atoms with Crippen molar-refractivity contribution in [3.8, 4) is 11.5 Å². The van der Waals surface area contributed by atoms with Gasteiger partial charge in [-0.05, 0) is 13.8 Å². The van der Waals surface area contributed by atoms with Gasteiger partial charge in [0.1, 0.15) is 5.67 Å². The molecule has 2 aliphatic heterocycles. The molecule has 0 spiro atoms. The first-order chi connectivity index (χ1) is 26.4. The molecule has 2 aromatic carbocycles. The number of aliphatic hydroxyl groups excluding tert-OH is 1. The molecule has 19 heteroatoms. The number of hydrogen-bond acceptors (Lipinski definition) is 12. The maximum atomic E-state index is 14.4. The van der Waals surface area contributed by atoms with Crippen LogP contribution in [-0.2, 0) is 70.7 Å². The molecule has 2 unspecified atom stereocenters. The topological polar surface area (TPSA) is 143 Å². The summed E-state index contributed by atoms with van der Waals surface area (Å²) in [5.41, 5.74) is -5.26. The number of rotatable bonds is 16. The normalized spacial score (nSPS) is 27.4. The van der Waals surface area contributed by atoms with Gasteiger partial charge in [0.25, 0.3) is 0 Å². The average Bonchev–Trinajstić information content (AvgIpc) is 3.53. The van der Waals surface area contributed by atoms with Gasteiger partial charge < -0.3 is 9.84 Å². The van der Waals surface area contributed by atoms with Crippen LogP contribution in [0.2, 0.25) is 0 Å². The summed E-state index contributed by atoms with van der Waals surface area (Å²) in [6.45, 7) is 17.2. The third kappa shape index (κ3) is 19.6. The van der Waals surface area contributed by atoms with Gasteiger partial charge in [-0.3, -0.25) is 0 Å². The molecule has 12 nitrogen and oxygen atoms in total. The van der Waals surface area contributed by atoms with E-state index in [0.717, 1.165) is 37.6 Å². The molecule has 0 saturated carbocycles. The fourth-order valence-corrected chi connectivity index (χ4v) is 14.3. The Kier molecular flexibility index (Phi) is 22.0. The molecule has 0 amide bonds. The number of esters is 2. The number of benzene rings is 2. The number of alkyl halides is 2. The van der Waals surface area contributed by atoms with Crippen molar-refractivity contribution in [3.63, 3.8) is 0 Å². The van der Waals surface area contributed by atoms with Crippen molar-refractivity contribution in [3.05, 3.63) is 60.7 Å². The van der Waals surface area contributed by atoms with Crippen LogP contribution in [0.25, 0.3) is 0 Å². The molecular formula is C38H59ClF2N2O10P2W2. The minimum absolute atomic E-state index is 0.0795. The van der Waals surface area contributed by atoms with Crippen molar-refractivity contribution in [1.82, 2.24) is 10.2 Å². The van der Waals surface area contributed by atoms with Crippen LogP contribution in [0.15, 0.2) is 60.7 Å². The van der Waals surface area contributed by atoms with Crippen molar-refractivity contribution >= 4 is 33.3 Å². The quantitative estimate of drug-likeness (QED) is 0.110. The fourth-order valence-electron chi connectivity index (χ4n) is 5.16. The smallest absolute Gasteiger partial charge is 0.136 e. The van der Waals surface area contributed by atoms with Gasteiger partial charge in [-0.15, -0.1) is 0 Å². The molecule has 0 aliphatic carbocycles. The summed E-state index contributed by atoms with van der Waals surface area (Å²) >= 11 is 8.44. The second-order valence-corrected chi connectivity index (χ2v) is 32.3. The average molecular weight is 1210 g/mol. The van der Waals surface area contributed by atoms with E-state index >= 15 is 0 Å². The zero-order chi connectivity index (χ0) is 43.2. The summed E-state index contributed by atoms with van der Waals surface area (Å²) < 4.78 is 64.4. The Bertz CT molecular complexity index is 1640. The molecular weight excluding hydrogens is 1150 g/mol. The van der Waals surface area contributed by atoms with E-state index in [1.165, 1.54) is 6.92 Å². The predicted octanol–water partition coefficient (Wildman–Crippen LogP) is 8.48. The molecule has 324 valence electrons. The number of carbonyl (C=O) groups excluding carboxylic acids is 2. The summed E-state index contributed by atoms with van der Waals surface area (Å²) in [7, 11) is 0. The first-order valence-corrected chi connectivity index (χ1v) is 30.6. The monoisotopic (exact) mass is 1210 g/mol. The van der Waals surface area contributed by atoms with Gasteiger partial charge in [0, 0.05) is 6.42 Å². The van der Waals surface area contributed by atoms with Crippen LogP contribution in [-0.4, -0.2) is 90.3 Å². The molecule has 2 saturated heterocycles. The maximum Gasteiger partial charge on any atom is 0.136 e. The molecule has 2 heterocycles. The van der Waals surface area contributed by atoms with Gasteiger partial charge >= 0.3 is 306 Å². The van der Waals surface area contributed by atoms with Crippen LogP contribution in [0.5, 0.6) is 11.5 Å². The van der Waals surface area contributed by atoms with Crippen LogP contribution in [0.4, 0.5) is 8.78 Å². The third-order valence-electron chi connectivity index (χ3n) is 8.42. The first-order valence-electron chi connectivity index (χ1n) is 18.7. The van der Waals surface area contributed by atoms with E-state index in [0.29, 0.717) is 17.9 Å². The fraction of sp³-hybridized carbons (Fsp3) is 0.632. The summed E-state index contributed by atoms with van der Waals surface area (Å²) in [6, 6.07) is 17.5. The second kappa shape index (κ2) is 23.9. The molecule has 2 fully saturated rings. The van der Waals surface area contributed by atoms with E-state index in [1.807, 2.05) is 74.5 Å². The molecule has 4 rings (SSSR count). The minimum atomic E-state index is -2.63. The van der Waals surface area contributed by atoms with Crippen molar-refractivity contribution in [1.29, 1.82) is 0 Å². The first kappa shape index (κ1) is 52.3. The SMILES string of the molecule is CC(C)OC(=O)[C@@H](C)N[P](=[W])(OC[C@@H]1C[C@@](C)(F)[C@H](C)O1)Oc1ccccc1.CC(C)OC(=O)[C@@H](C)N[P](Cl)(=[W])Oc1ccccc1.C[C@@H]1O[C@H](CO)C[C@@]1(C)F. The van der Waals surface area contributed by atoms with Gasteiger partial charge in [0.15, 0.2) is 0 Å². The Labute approximate surface area is 362 Å². The molecule has 0 radical (unpaired) electrons. The zero-order valence-electron chi connectivity index (χ0n) is 34.2. The maximum absolute atomic E-state index is 14.4. The van der Waals surface area contributed by atoms with Crippen LogP contribution < -0.4 is 19.2 Å². The molecule has 0 bridgehead atoms. The Morgan fingerprint density at radius 2 is 1.19 bits per heavy atom. The number of ether oxygens (including phenoxy) is 4. The molecule has 2 aliphatic rings. The Balaban J connectivity index is 0.000000331. The zero-order valence-corrected chi connectivity index (χ0v) is 42.6. The van der Waals surface area contributed by atoms with E-state index in [2.05, 4.69) is 10.2 Å². The van der Waals surface area contributed by atoms with Crippen LogP contribution in [0.3, 0.4) is 0 Å². The number of halogens is 3. The van der Waals surface area contributed by atoms with Crippen molar-refractivity contribution < 1.29 is 93.6 Å². The number of aliphatic hydroxyl groups is 1. The van der Waals surface area contributed by atoms with E-state index < -0.39 is 39.7 Å². The van der Waals surface area contributed by atoms with Crippen molar-refractivity contribution in [2.24, 2.45) is 0 Å². The number of hydrogen-bond donors (Lipinski definition) is 3. The number of para-hydroxylation sites is 2. The molecule has 0 aromatic heterocycles. The Morgan fingerprint density at radius 3 is 1.56 bits per heavy atom. The van der Waals surface area contributed by atoms with E-state index in [4.69, 9.17) is 48.9 Å². The van der Waals surface area contributed by atoms with Crippen LogP contribution in [0, 0.1) is 0 Å². The molecule has 2 aromatic rings. The number of carbonyl (C=O) groups is 2. The van der Waals surface area contributed by atoms with Gasteiger partial charge in [-0.2, -0.15) is 0 Å². The number of nitrogens with one attached hydrogen (secondary N) is 2. The van der Waals surface area contributed by atoms with E-state index in [1.54, 1.807) is 48.5 Å². The molecule has 10 atom stereocenters. The predicted molar refractivity (Wildman–Crippen MR) is 211 cm³/mol. The largest absolute Gasteiger partial charge is 0.394 e. The van der Waals surface area contributed by atoms with Crippen LogP contribution in [0.1, 0.15) is 82.1 Å². The van der Waals surface area contributed by atoms with E-state index in [9.17, 15) is 18.4 Å². The summed E-state index contributed by atoms with van der Waals surface area (Å²) in [4.78, 5) is 23.9. The van der Waals surface area contributed by atoms with Crippen molar-refractivity contribution in [2.45, 2.75) is 142 Å². The second-order valence-electron chi connectivity index (χ2n) is 14.7. The summed E-state index contributed by atoms with van der Waals surface area (Å²) in [6.07, 6.45) is -1.30. The summed E-state index contributed by atoms with van der Waals surface area (Å²) in [5.74, 6) is 0.637. The summed E-state index contributed by atoms with van der Waals surface area (Å²) in [5, 5.41) is 14.8. The molecule has 3 N–H and O–H groups in total. The Hall–Kier alpha value is -0.873. The standard InChI is InChI=1S/C19H29FNO5P.C12H17ClNO3P.C7H13FO2.2W/c1-13(2)24-18(22)14(3)21-27(26-16-9-7-6-8-10-16)23-12-17-11-19(5,20)15(4)25-17;1-9(2)16-12(15)10(3)14-18(13)17-11-7-5-4-6-8-11;1-5-7(2,8)3-6(4-9)10-5;;/h6-10,13-15,17,21H,11-12H2,1-5H3;4-10,14H,1-3H3;5-6,9H,3-4H2,1-2H3;;/t14-,15+,17+,19-,27?;10-,18?;5-,6-,7+;;/m110../s1. The third-order valence-corrected chi connectivity index (χ3v) is 16.7. The van der Waals surface area contributed by atoms with Gasteiger partial charge in [-0.1, -0.05) is 0 Å². The minimum Gasteiger partial charge on any atom is -0.394 e. The molecule has 57 heavy (non-hydrogen) atoms.